The summed E-state index contributed by atoms with van der Waals surface area (Å²) in [6.07, 6.45) is 0. The van der Waals surface area contributed by atoms with Gasteiger partial charge in [0.15, 0.2) is 0 Å². The van der Waals surface area contributed by atoms with Crippen molar-refractivity contribution in [3.8, 4) is 0 Å². The van der Waals surface area contributed by atoms with Gasteiger partial charge in [0, 0.05) is 0 Å². The summed E-state index contributed by atoms with van der Waals surface area (Å²) in [4.78, 5) is 0. The molecule has 0 heterocycles. The molecule has 0 atom stereocenters. The summed E-state index contributed by atoms with van der Waals surface area (Å²) in [6, 6.07) is 0. The fourth-order valence-corrected chi connectivity index (χ4v) is 0. The molecule has 48 valence electrons. The van der Waals surface area contributed by atoms with Gasteiger partial charge in [-0.05, 0) is 0 Å². The van der Waals surface area contributed by atoms with Crippen LogP contribution in [-0.4, -0.2) is 13.9 Å². The Hall–Kier alpha value is 2.54. The Morgan fingerprint density at radius 1 is 0.714 bits per heavy atom. The van der Waals surface area contributed by atoms with E-state index in [1.54, 1.807) is 0 Å². The molecule has 0 aliphatic rings. The first-order valence-electron chi connectivity index (χ1n) is 0.756. The molecule has 0 bridgehead atoms. The SMILES string of the molecule is Cl.Cl.[Cl][Sn]([Cl])([Cl])[Cl]. The van der Waals surface area contributed by atoms with E-state index in [2.05, 4.69) is 0 Å². The first kappa shape index (κ1) is 16.3. The van der Waals surface area contributed by atoms with Crippen LogP contribution in [-0.2, 0) is 0 Å². The topological polar surface area (TPSA) is 0 Å². The minimum atomic E-state index is -3.29. The molecule has 0 saturated carbocycles. The third-order valence-electron chi connectivity index (χ3n) is 0. The second kappa shape index (κ2) is 6.66. The number of hydrogen-bond donors (Lipinski definition) is 0. The fraction of sp³-hybridized carbons (Fsp3) is 0. The van der Waals surface area contributed by atoms with Crippen molar-refractivity contribution in [1.29, 1.82) is 0 Å². The molecule has 0 rings (SSSR count). The van der Waals surface area contributed by atoms with Crippen LogP contribution < -0.4 is 0 Å². The van der Waals surface area contributed by atoms with Crippen molar-refractivity contribution in [3.63, 3.8) is 0 Å². The Bertz CT molecular complexity index is 19.7. The third-order valence-corrected chi connectivity index (χ3v) is 0. The van der Waals surface area contributed by atoms with Crippen molar-refractivity contribution >= 4 is 74.4 Å². The molecule has 0 aliphatic carbocycles. The van der Waals surface area contributed by atoms with Crippen molar-refractivity contribution in [2.24, 2.45) is 0 Å². The van der Waals surface area contributed by atoms with Crippen LogP contribution >= 0.6 is 60.5 Å². The van der Waals surface area contributed by atoms with Gasteiger partial charge < -0.3 is 0 Å². The number of halogens is 6. The summed E-state index contributed by atoms with van der Waals surface area (Å²) in [7, 11) is 20.1. The van der Waals surface area contributed by atoms with E-state index in [-0.39, 0.29) is 24.8 Å². The van der Waals surface area contributed by atoms with Gasteiger partial charge in [0.25, 0.3) is 0 Å². The van der Waals surface area contributed by atoms with Gasteiger partial charge in [-0.2, -0.15) is 0 Å². The molecular weight excluding hydrogens is 331 g/mol. The Labute approximate surface area is 73.4 Å². The molecule has 0 aromatic heterocycles. The van der Waals surface area contributed by atoms with E-state index >= 15 is 0 Å². The predicted molar refractivity (Wildman–Crippen MR) is 43.7 cm³/mol. The predicted octanol–water partition coefficient (Wildman–Crippen LogP) is 3.22. The van der Waals surface area contributed by atoms with E-state index in [0.717, 1.165) is 0 Å². The summed E-state index contributed by atoms with van der Waals surface area (Å²) >= 11 is -3.29. The van der Waals surface area contributed by atoms with E-state index in [1.807, 2.05) is 0 Å². The van der Waals surface area contributed by atoms with Crippen LogP contribution in [0.15, 0.2) is 0 Å². The standard InChI is InChI=1S/6ClH.Sn/h6*1H;/q;;;;;;+4/p-4. The molecule has 0 spiro atoms. The summed E-state index contributed by atoms with van der Waals surface area (Å²) in [5, 5.41) is 0. The fourth-order valence-electron chi connectivity index (χ4n) is 0. The van der Waals surface area contributed by atoms with Gasteiger partial charge in [0.1, 0.15) is 0 Å². The minimum absolute atomic E-state index is 0. The molecule has 0 fully saturated rings. The third kappa shape index (κ3) is 56.6. The molecule has 0 radical (unpaired) electrons. The van der Waals surface area contributed by atoms with E-state index in [4.69, 9.17) is 35.7 Å². The van der Waals surface area contributed by atoms with E-state index < -0.39 is 13.9 Å². The van der Waals surface area contributed by atoms with E-state index in [0.29, 0.717) is 0 Å². The van der Waals surface area contributed by atoms with Crippen LogP contribution in [0.3, 0.4) is 0 Å². The first-order chi connectivity index (χ1) is 2.00. The Kier molecular flexibility index (Phi) is 15.5. The Morgan fingerprint density at radius 3 is 0.714 bits per heavy atom. The van der Waals surface area contributed by atoms with Crippen molar-refractivity contribution in [3.05, 3.63) is 0 Å². The van der Waals surface area contributed by atoms with Gasteiger partial charge in [-0.25, -0.2) is 0 Å². The maximum atomic E-state index is 5.04. The molecule has 0 aromatic rings. The van der Waals surface area contributed by atoms with Gasteiger partial charge in [0.2, 0.25) is 0 Å². The average Bonchev–Trinajstić information content (AvgIpc) is 0.722. The second-order valence-electron chi connectivity index (χ2n) is 0.429. The number of rotatable bonds is 0. The average molecular weight is 333 g/mol. The zero-order chi connectivity index (χ0) is 4.50. The zero-order valence-corrected chi connectivity index (χ0v) is 10.3. The maximum absolute atomic E-state index is 5.04. The second-order valence-corrected chi connectivity index (χ2v) is 25.9. The van der Waals surface area contributed by atoms with Crippen molar-refractivity contribution in [2.75, 3.05) is 0 Å². The van der Waals surface area contributed by atoms with E-state index in [9.17, 15) is 0 Å². The van der Waals surface area contributed by atoms with Crippen molar-refractivity contribution < 1.29 is 0 Å². The van der Waals surface area contributed by atoms with E-state index in [1.165, 1.54) is 0 Å². The molecule has 0 N–H and O–H groups in total. The van der Waals surface area contributed by atoms with Crippen molar-refractivity contribution in [1.82, 2.24) is 0 Å². The van der Waals surface area contributed by atoms with Gasteiger partial charge in [0.05, 0.1) is 0 Å². The van der Waals surface area contributed by atoms with Crippen LogP contribution in [0.25, 0.3) is 0 Å². The number of hydrogen-bond acceptors (Lipinski definition) is 0. The molecule has 0 amide bonds. The van der Waals surface area contributed by atoms with Crippen LogP contribution in [0.1, 0.15) is 0 Å². The quantitative estimate of drug-likeness (QED) is 0.597. The summed E-state index contributed by atoms with van der Waals surface area (Å²) in [5.41, 5.74) is 0. The molecule has 0 nitrogen and oxygen atoms in total. The normalized spacial score (nSPS) is 8.57. The zero-order valence-electron chi connectivity index (χ0n) is 2.83. The van der Waals surface area contributed by atoms with Gasteiger partial charge in [-0.1, -0.05) is 0 Å². The van der Waals surface area contributed by atoms with Crippen molar-refractivity contribution in [2.45, 2.75) is 0 Å². The van der Waals surface area contributed by atoms with Gasteiger partial charge in [-0.3, -0.25) is 0 Å². The summed E-state index contributed by atoms with van der Waals surface area (Å²) in [5.74, 6) is 0. The molecule has 0 aromatic carbocycles. The summed E-state index contributed by atoms with van der Waals surface area (Å²) in [6.45, 7) is 0. The molecule has 0 unspecified atom stereocenters. The molecule has 7 heavy (non-hydrogen) atoms. The monoisotopic (exact) mass is 332 g/mol. The molecular formula is H2Cl6Sn. The first-order valence-corrected chi connectivity index (χ1v) is 15.2. The molecule has 0 aliphatic heterocycles. The van der Waals surface area contributed by atoms with Crippen LogP contribution in [0.5, 0.6) is 0 Å². The molecule has 0 saturated heterocycles. The van der Waals surface area contributed by atoms with Gasteiger partial charge in [-0.15, -0.1) is 24.8 Å². The Balaban J connectivity index is -0.0000000800. The Morgan fingerprint density at radius 2 is 0.714 bits per heavy atom. The van der Waals surface area contributed by atoms with Crippen LogP contribution in [0, 0.1) is 0 Å². The van der Waals surface area contributed by atoms with Gasteiger partial charge >= 0.3 is 49.6 Å². The van der Waals surface area contributed by atoms with Crippen LogP contribution in [0.2, 0.25) is 0 Å². The molecule has 7 heteroatoms. The summed E-state index contributed by atoms with van der Waals surface area (Å²) < 4.78 is 0. The van der Waals surface area contributed by atoms with Crippen LogP contribution in [0.4, 0.5) is 0 Å².